The summed E-state index contributed by atoms with van der Waals surface area (Å²) in [6.45, 7) is 8.44. The molecule has 0 aliphatic heterocycles. The van der Waals surface area contributed by atoms with Crippen LogP contribution in [0.3, 0.4) is 0 Å². The highest BCUT2D eigenvalue weighted by atomic mass is 16.2. The zero-order chi connectivity index (χ0) is 24.2. The summed E-state index contributed by atoms with van der Waals surface area (Å²) in [6.07, 6.45) is 4.20. The number of amides is 2. The smallest absolute Gasteiger partial charge is 0.228 e. The monoisotopic (exact) mass is 449 g/mol. The fourth-order valence-corrected chi connectivity index (χ4v) is 4.57. The molecule has 1 saturated carbocycles. The number of anilines is 2. The largest absolute Gasteiger partial charge is 0.377 e. The molecular formula is C28H39N3O2. The van der Waals surface area contributed by atoms with Crippen LogP contribution in [-0.4, -0.2) is 30.8 Å². The van der Waals surface area contributed by atoms with Gasteiger partial charge in [-0.2, -0.15) is 0 Å². The predicted octanol–water partition coefficient (Wildman–Crippen LogP) is 6.02. The molecule has 5 heteroatoms. The van der Waals surface area contributed by atoms with Crippen molar-refractivity contribution in [2.45, 2.75) is 66.0 Å². The van der Waals surface area contributed by atoms with E-state index < -0.39 is 5.41 Å². The molecule has 1 N–H and O–H groups in total. The third-order valence-corrected chi connectivity index (χ3v) is 6.55. The van der Waals surface area contributed by atoms with Gasteiger partial charge in [0.25, 0.3) is 0 Å². The molecule has 3 rings (SSSR count). The minimum absolute atomic E-state index is 0.0790. The molecule has 1 aliphatic rings. The van der Waals surface area contributed by atoms with Gasteiger partial charge in [-0.3, -0.25) is 9.59 Å². The Morgan fingerprint density at radius 1 is 1.03 bits per heavy atom. The molecule has 0 saturated heterocycles. The molecule has 5 nitrogen and oxygen atoms in total. The maximum Gasteiger partial charge on any atom is 0.228 e. The minimum Gasteiger partial charge on any atom is -0.377 e. The van der Waals surface area contributed by atoms with Crippen molar-refractivity contribution in [2.24, 2.45) is 11.3 Å². The number of nitrogens with zero attached hydrogens (tertiary/aromatic N) is 2. The lowest BCUT2D eigenvalue weighted by atomic mass is 9.92. The van der Waals surface area contributed by atoms with Crippen LogP contribution in [0.2, 0.25) is 0 Å². The molecule has 178 valence electrons. The Bertz CT molecular complexity index is 957. The van der Waals surface area contributed by atoms with E-state index in [-0.39, 0.29) is 23.8 Å². The summed E-state index contributed by atoms with van der Waals surface area (Å²) in [5.74, 6) is 0.319. The Hall–Kier alpha value is -2.82. The molecule has 2 amide bonds. The summed E-state index contributed by atoms with van der Waals surface area (Å²) in [4.78, 5) is 30.3. The highest BCUT2D eigenvalue weighted by Crippen LogP contribution is 2.32. The predicted molar refractivity (Wildman–Crippen MR) is 136 cm³/mol. The molecular weight excluding hydrogens is 410 g/mol. The van der Waals surface area contributed by atoms with Gasteiger partial charge in [0.1, 0.15) is 0 Å². The van der Waals surface area contributed by atoms with Gasteiger partial charge in [0.2, 0.25) is 11.8 Å². The lowest BCUT2D eigenvalue weighted by molar-refractivity contribution is -0.142. The topological polar surface area (TPSA) is 52.7 Å². The van der Waals surface area contributed by atoms with E-state index in [2.05, 4.69) is 29.3 Å². The standard InChI is InChI=1S/C28H39N3O2/c1-20(21-12-8-7-9-13-21)31(27(33)28(2,3)4)19-23-18-24(16-17-25(23)30(5)6)29-26(32)22-14-10-11-15-22/h7-9,12-13,16-18,20,22H,10-11,14-15,19H2,1-6H3,(H,29,32)/t20-/m1/s1. The zero-order valence-electron chi connectivity index (χ0n) is 21.0. The number of carbonyl (C=O) groups excluding carboxylic acids is 2. The van der Waals surface area contributed by atoms with Crippen LogP contribution in [0.5, 0.6) is 0 Å². The zero-order valence-corrected chi connectivity index (χ0v) is 21.0. The van der Waals surface area contributed by atoms with Gasteiger partial charge in [-0.15, -0.1) is 0 Å². The number of rotatable bonds is 7. The van der Waals surface area contributed by atoms with E-state index in [4.69, 9.17) is 0 Å². The van der Waals surface area contributed by atoms with E-state index in [1.54, 1.807) is 0 Å². The SMILES string of the molecule is C[C@H](c1ccccc1)N(Cc1cc(NC(=O)C2CCCC2)ccc1N(C)C)C(=O)C(C)(C)C. The van der Waals surface area contributed by atoms with Crippen molar-refractivity contribution in [3.8, 4) is 0 Å². The van der Waals surface area contributed by atoms with Gasteiger partial charge in [-0.25, -0.2) is 0 Å². The first-order valence-corrected chi connectivity index (χ1v) is 12.0. The van der Waals surface area contributed by atoms with Gasteiger partial charge in [-0.05, 0) is 49.1 Å². The first kappa shape index (κ1) is 24.8. The van der Waals surface area contributed by atoms with E-state index in [0.717, 1.165) is 48.2 Å². The van der Waals surface area contributed by atoms with Gasteiger partial charge >= 0.3 is 0 Å². The third-order valence-electron chi connectivity index (χ3n) is 6.55. The molecule has 0 spiro atoms. The Morgan fingerprint density at radius 3 is 2.24 bits per heavy atom. The summed E-state index contributed by atoms with van der Waals surface area (Å²) in [5, 5.41) is 3.12. The van der Waals surface area contributed by atoms with Crippen LogP contribution in [0.25, 0.3) is 0 Å². The van der Waals surface area contributed by atoms with Crippen molar-refractivity contribution in [3.05, 3.63) is 59.7 Å². The molecule has 33 heavy (non-hydrogen) atoms. The van der Waals surface area contributed by atoms with Crippen molar-refractivity contribution >= 4 is 23.2 Å². The fourth-order valence-electron chi connectivity index (χ4n) is 4.57. The Labute approximate surface area is 199 Å². The molecule has 2 aromatic carbocycles. The van der Waals surface area contributed by atoms with Crippen molar-refractivity contribution in [1.29, 1.82) is 0 Å². The van der Waals surface area contributed by atoms with Gasteiger partial charge in [-0.1, -0.05) is 63.9 Å². The molecule has 0 radical (unpaired) electrons. The van der Waals surface area contributed by atoms with E-state index in [9.17, 15) is 9.59 Å². The van der Waals surface area contributed by atoms with Crippen LogP contribution in [0, 0.1) is 11.3 Å². The van der Waals surface area contributed by atoms with Gasteiger partial charge in [0, 0.05) is 43.3 Å². The lowest BCUT2D eigenvalue weighted by Crippen LogP contribution is -2.40. The maximum atomic E-state index is 13.5. The Morgan fingerprint density at radius 2 is 1.67 bits per heavy atom. The molecule has 0 bridgehead atoms. The average Bonchev–Trinajstić information content (AvgIpc) is 3.31. The minimum atomic E-state index is -0.504. The normalized spacial score (nSPS) is 15.2. The summed E-state index contributed by atoms with van der Waals surface area (Å²) in [5.41, 5.74) is 3.45. The summed E-state index contributed by atoms with van der Waals surface area (Å²) >= 11 is 0. The van der Waals surface area contributed by atoms with E-state index >= 15 is 0 Å². The second-order valence-corrected chi connectivity index (χ2v) is 10.5. The number of nitrogens with one attached hydrogen (secondary N) is 1. The highest BCUT2D eigenvalue weighted by Gasteiger charge is 2.32. The van der Waals surface area contributed by atoms with E-state index in [1.807, 2.05) is 76.2 Å². The van der Waals surface area contributed by atoms with Crippen LogP contribution >= 0.6 is 0 Å². The quantitative estimate of drug-likeness (QED) is 0.562. The summed E-state index contributed by atoms with van der Waals surface area (Å²) < 4.78 is 0. The Balaban J connectivity index is 1.94. The van der Waals surface area contributed by atoms with Crippen molar-refractivity contribution in [1.82, 2.24) is 4.90 Å². The number of benzene rings is 2. The van der Waals surface area contributed by atoms with Crippen LogP contribution in [-0.2, 0) is 16.1 Å². The summed E-state index contributed by atoms with van der Waals surface area (Å²) in [7, 11) is 4.01. The van der Waals surface area contributed by atoms with Crippen LogP contribution in [0.15, 0.2) is 48.5 Å². The molecule has 1 atom stereocenters. The molecule has 2 aromatic rings. The number of carbonyl (C=O) groups is 2. The van der Waals surface area contributed by atoms with E-state index in [1.165, 1.54) is 0 Å². The van der Waals surface area contributed by atoms with Crippen LogP contribution in [0.1, 0.15) is 70.5 Å². The number of hydrogen-bond acceptors (Lipinski definition) is 3. The third kappa shape index (κ3) is 6.16. The average molecular weight is 450 g/mol. The van der Waals surface area contributed by atoms with Crippen molar-refractivity contribution in [2.75, 3.05) is 24.3 Å². The second kappa shape index (κ2) is 10.4. The molecule has 1 aliphatic carbocycles. The van der Waals surface area contributed by atoms with Gasteiger partial charge in [0.15, 0.2) is 0 Å². The van der Waals surface area contributed by atoms with Gasteiger partial charge < -0.3 is 15.1 Å². The summed E-state index contributed by atoms with van der Waals surface area (Å²) in [6, 6.07) is 16.1. The lowest BCUT2D eigenvalue weighted by Gasteiger charge is -2.36. The van der Waals surface area contributed by atoms with Crippen LogP contribution < -0.4 is 10.2 Å². The maximum absolute atomic E-state index is 13.5. The van der Waals surface area contributed by atoms with Crippen molar-refractivity contribution < 1.29 is 9.59 Å². The van der Waals surface area contributed by atoms with Crippen LogP contribution in [0.4, 0.5) is 11.4 Å². The van der Waals surface area contributed by atoms with E-state index in [0.29, 0.717) is 6.54 Å². The van der Waals surface area contributed by atoms with Gasteiger partial charge in [0.05, 0.1) is 6.04 Å². The van der Waals surface area contributed by atoms with Crippen molar-refractivity contribution in [3.63, 3.8) is 0 Å². The first-order valence-electron chi connectivity index (χ1n) is 12.0. The fraction of sp³-hybridized carbons (Fsp3) is 0.500. The first-order chi connectivity index (χ1) is 15.6. The number of hydrogen-bond donors (Lipinski definition) is 1. The Kier molecular flexibility index (Phi) is 7.83. The molecule has 0 heterocycles. The molecule has 1 fully saturated rings. The highest BCUT2D eigenvalue weighted by molar-refractivity contribution is 5.93. The second-order valence-electron chi connectivity index (χ2n) is 10.5. The molecule has 0 unspecified atom stereocenters. The molecule has 0 aromatic heterocycles.